The maximum absolute atomic E-state index is 13.7. The van der Waals surface area contributed by atoms with Gasteiger partial charge in [-0.15, -0.1) is 11.3 Å². The maximum Gasteiger partial charge on any atom is 0.355 e. The average Bonchev–Trinajstić information content (AvgIpc) is 3.16. The van der Waals surface area contributed by atoms with Crippen molar-refractivity contribution in [2.45, 2.75) is 18.9 Å². The minimum absolute atomic E-state index is 0.0645. The Morgan fingerprint density at radius 1 is 1.39 bits per heavy atom. The predicted molar refractivity (Wildman–Crippen MR) is 78.1 cm³/mol. The number of aromatic nitrogens is 1. The zero-order valence-corrected chi connectivity index (χ0v) is 12.6. The second kappa shape index (κ2) is 6.04. The van der Waals surface area contributed by atoms with Crippen LogP contribution in [-0.4, -0.2) is 22.0 Å². The van der Waals surface area contributed by atoms with Crippen LogP contribution in [0.3, 0.4) is 0 Å². The summed E-state index contributed by atoms with van der Waals surface area (Å²) in [6, 6.07) is 3.22. The second-order valence-electron chi connectivity index (χ2n) is 5.26. The van der Waals surface area contributed by atoms with E-state index in [-0.39, 0.29) is 29.6 Å². The molecule has 1 fully saturated rings. The molecule has 1 aromatic carbocycles. The van der Waals surface area contributed by atoms with Crippen molar-refractivity contribution in [1.82, 2.24) is 10.3 Å². The van der Waals surface area contributed by atoms with E-state index in [1.165, 1.54) is 5.38 Å². The Labute approximate surface area is 134 Å². The van der Waals surface area contributed by atoms with Gasteiger partial charge in [-0.1, -0.05) is 0 Å². The van der Waals surface area contributed by atoms with E-state index in [2.05, 4.69) is 10.3 Å². The number of rotatable bonds is 5. The summed E-state index contributed by atoms with van der Waals surface area (Å²) in [5.41, 5.74) is 0.151. The summed E-state index contributed by atoms with van der Waals surface area (Å²) in [4.78, 5) is 26.6. The van der Waals surface area contributed by atoms with Crippen molar-refractivity contribution in [2.75, 3.05) is 0 Å². The van der Waals surface area contributed by atoms with Gasteiger partial charge in [0.25, 0.3) is 0 Å². The molecule has 1 aliphatic rings. The van der Waals surface area contributed by atoms with Gasteiger partial charge in [0.15, 0.2) is 5.69 Å². The SMILES string of the molecule is O=C(O)c1csc(CNC(=O)[C@H]2C[C@H]2c2cc(F)ccc2F)n1. The molecule has 120 valence electrons. The molecule has 8 heteroatoms. The largest absolute Gasteiger partial charge is 0.476 e. The van der Waals surface area contributed by atoms with Crippen molar-refractivity contribution in [1.29, 1.82) is 0 Å². The van der Waals surface area contributed by atoms with E-state index in [1.807, 2.05) is 0 Å². The molecule has 2 aromatic rings. The standard InChI is InChI=1S/C15H12F2N2O3S/c16-7-1-2-11(17)9(3-7)8-4-10(8)14(20)18-5-13-19-12(6-23-13)15(21)22/h1-3,6,8,10H,4-5H2,(H,18,20)(H,21,22)/t8-,10-/m0/s1. The third-order valence-electron chi connectivity index (χ3n) is 3.67. The molecule has 0 aliphatic heterocycles. The highest BCUT2D eigenvalue weighted by Gasteiger charge is 2.45. The molecule has 1 aromatic heterocycles. The van der Waals surface area contributed by atoms with Gasteiger partial charge < -0.3 is 10.4 Å². The number of carbonyl (C=O) groups excluding carboxylic acids is 1. The molecule has 0 spiro atoms. The number of nitrogens with one attached hydrogen (secondary N) is 1. The second-order valence-corrected chi connectivity index (χ2v) is 6.21. The normalized spacial score (nSPS) is 19.4. The number of benzene rings is 1. The van der Waals surface area contributed by atoms with Crippen molar-refractivity contribution in [3.05, 3.63) is 51.5 Å². The Bertz CT molecular complexity index is 778. The van der Waals surface area contributed by atoms with Crippen molar-refractivity contribution in [2.24, 2.45) is 5.92 Å². The fourth-order valence-electron chi connectivity index (χ4n) is 2.41. The van der Waals surface area contributed by atoms with Crippen LogP contribution in [0.5, 0.6) is 0 Å². The first-order valence-corrected chi connectivity index (χ1v) is 7.74. The number of hydrogen-bond acceptors (Lipinski definition) is 4. The zero-order chi connectivity index (χ0) is 16.6. The first-order valence-electron chi connectivity index (χ1n) is 6.86. The van der Waals surface area contributed by atoms with Crippen molar-refractivity contribution in [3.8, 4) is 0 Å². The number of carbonyl (C=O) groups is 2. The summed E-state index contributed by atoms with van der Waals surface area (Å²) in [6.45, 7) is 0.117. The highest BCUT2D eigenvalue weighted by Crippen LogP contribution is 2.48. The van der Waals surface area contributed by atoms with E-state index in [9.17, 15) is 18.4 Å². The fraction of sp³-hybridized carbons (Fsp3) is 0.267. The quantitative estimate of drug-likeness (QED) is 0.878. The number of nitrogens with zero attached hydrogens (tertiary/aromatic N) is 1. The van der Waals surface area contributed by atoms with Gasteiger partial charge in [-0.2, -0.15) is 0 Å². The van der Waals surface area contributed by atoms with Gasteiger partial charge >= 0.3 is 5.97 Å². The number of hydrogen-bond donors (Lipinski definition) is 2. The average molecular weight is 338 g/mol. The third kappa shape index (κ3) is 3.37. The van der Waals surface area contributed by atoms with Crippen LogP contribution in [0.2, 0.25) is 0 Å². The highest BCUT2D eigenvalue weighted by molar-refractivity contribution is 7.09. The van der Waals surface area contributed by atoms with Crippen LogP contribution in [0.1, 0.15) is 33.4 Å². The lowest BCUT2D eigenvalue weighted by Gasteiger charge is -2.04. The highest BCUT2D eigenvalue weighted by atomic mass is 32.1. The molecule has 2 N–H and O–H groups in total. The third-order valence-corrected chi connectivity index (χ3v) is 4.52. The Kier molecular flexibility index (Phi) is 4.08. The molecule has 1 aliphatic carbocycles. The minimum Gasteiger partial charge on any atom is -0.476 e. The monoisotopic (exact) mass is 338 g/mol. The van der Waals surface area contributed by atoms with E-state index in [0.29, 0.717) is 11.4 Å². The lowest BCUT2D eigenvalue weighted by Crippen LogP contribution is -2.25. The minimum atomic E-state index is -1.12. The zero-order valence-electron chi connectivity index (χ0n) is 11.8. The number of halogens is 2. The number of amides is 1. The van der Waals surface area contributed by atoms with Crippen LogP contribution in [0.4, 0.5) is 8.78 Å². The molecule has 0 saturated heterocycles. The lowest BCUT2D eigenvalue weighted by atomic mass is 10.1. The molecule has 0 radical (unpaired) electrons. The first-order chi connectivity index (χ1) is 11.0. The summed E-state index contributed by atoms with van der Waals surface area (Å²) in [7, 11) is 0. The van der Waals surface area contributed by atoms with E-state index >= 15 is 0 Å². The number of aromatic carboxylic acids is 1. The van der Waals surface area contributed by atoms with Gasteiger partial charge in [-0.05, 0) is 36.1 Å². The van der Waals surface area contributed by atoms with Crippen LogP contribution in [0.25, 0.3) is 0 Å². The Morgan fingerprint density at radius 2 is 2.17 bits per heavy atom. The summed E-state index contributed by atoms with van der Waals surface area (Å²) in [6.07, 6.45) is 0.463. The van der Waals surface area contributed by atoms with Crippen LogP contribution < -0.4 is 5.32 Å². The Morgan fingerprint density at radius 3 is 2.87 bits per heavy atom. The molecule has 0 bridgehead atoms. The van der Waals surface area contributed by atoms with E-state index < -0.39 is 23.5 Å². The van der Waals surface area contributed by atoms with E-state index in [4.69, 9.17) is 5.11 Å². The van der Waals surface area contributed by atoms with Crippen LogP contribution in [0.15, 0.2) is 23.6 Å². The van der Waals surface area contributed by atoms with Gasteiger partial charge in [0.2, 0.25) is 5.91 Å². The van der Waals surface area contributed by atoms with Gasteiger partial charge in [0.1, 0.15) is 16.6 Å². The molecule has 0 unspecified atom stereocenters. The molecule has 1 heterocycles. The van der Waals surface area contributed by atoms with Crippen molar-refractivity contribution >= 4 is 23.2 Å². The lowest BCUT2D eigenvalue weighted by molar-refractivity contribution is -0.122. The van der Waals surface area contributed by atoms with Crippen molar-refractivity contribution in [3.63, 3.8) is 0 Å². The summed E-state index contributed by atoms with van der Waals surface area (Å²) in [5.74, 6) is -3.16. The molecule has 2 atom stereocenters. The van der Waals surface area contributed by atoms with Gasteiger partial charge in [0, 0.05) is 11.3 Å². The number of thiazole rings is 1. The maximum atomic E-state index is 13.7. The molecule has 1 amide bonds. The fourth-order valence-corrected chi connectivity index (χ4v) is 3.12. The Hall–Kier alpha value is -2.35. The van der Waals surface area contributed by atoms with E-state index in [0.717, 1.165) is 29.5 Å². The summed E-state index contributed by atoms with van der Waals surface area (Å²) in [5, 5.41) is 13.3. The molecular formula is C15H12F2N2O3S. The Balaban J connectivity index is 1.58. The van der Waals surface area contributed by atoms with Crippen LogP contribution in [-0.2, 0) is 11.3 Å². The number of carboxylic acids is 1. The molecule has 3 rings (SSSR count). The smallest absolute Gasteiger partial charge is 0.355 e. The van der Waals surface area contributed by atoms with E-state index in [1.54, 1.807) is 0 Å². The van der Waals surface area contributed by atoms with Gasteiger partial charge in [0.05, 0.1) is 6.54 Å². The van der Waals surface area contributed by atoms with Gasteiger partial charge in [-0.3, -0.25) is 4.79 Å². The van der Waals surface area contributed by atoms with Crippen molar-refractivity contribution < 1.29 is 23.5 Å². The van der Waals surface area contributed by atoms with Crippen LogP contribution >= 0.6 is 11.3 Å². The van der Waals surface area contributed by atoms with Gasteiger partial charge in [-0.25, -0.2) is 18.6 Å². The molecule has 23 heavy (non-hydrogen) atoms. The molecular weight excluding hydrogens is 326 g/mol. The first kappa shape index (κ1) is 15.5. The summed E-state index contributed by atoms with van der Waals surface area (Å²) < 4.78 is 26.8. The summed E-state index contributed by atoms with van der Waals surface area (Å²) >= 11 is 1.14. The molecule has 1 saturated carbocycles. The van der Waals surface area contributed by atoms with Crippen LogP contribution in [0, 0.1) is 17.6 Å². The topological polar surface area (TPSA) is 79.3 Å². The predicted octanol–water partition coefficient (Wildman–Crippen LogP) is 2.54. The number of carboxylic acid groups (broad SMARTS) is 1. The molecule has 5 nitrogen and oxygen atoms in total.